The van der Waals surface area contributed by atoms with Crippen molar-refractivity contribution in [3.05, 3.63) is 24.3 Å². The second kappa shape index (κ2) is 5.86. The summed E-state index contributed by atoms with van der Waals surface area (Å²) in [4.78, 5) is 0.350. The first-order valence-corrected chi connectivity index (χ1v) is 7.18. The molecule has 1 aromatic carbocycles. The Hall–Kier alpha value is -1.07. The number of nitrogens with one attached hydrogen (secondary N) is 1. The van der Waals surface area contributed by atoms with Gasteiger partial charge in [0.1, 0.15) is 0 Å². The molecule has 5 heteroatoms. The molecule has 0 aliphatic heterocycles. The SMILES string of the molecule is CS(=O)(=O)c1ccccc1NCCCCN. The number of para-hydroxylation sites is 1. The van der Waals surface area contributed by atoms with Gasteiger partial charge >= 0.3 is 0 Å². The van der Waals surface area contributed by atoms with Crippen LogP contribution in [0.1, 0.15) is 12.8 Å². The summed E-state index contributed by atoms with van der Waals surface area (Å²) in [7, 11) is -3.16. The highest BCUT2D eigenvalue weighted by atomic mass is 32.2. The highest BCUT2D eigenvalue weighted by molar-refractivity contribution is 7.90. The van der Waals surface area contributed by atoms with Crippen LogP contribution in [0.4, 0.5) is 5.69 Å². The number of nitrogens with two attached hydrogens (primary N) is 1. The second-order valence-corrected chi connectivity index (χ2v) is 5.68. The quantitative estimate of drug-likeness (QED) is 0.736. The number of benzene rings is 1. The predicted molar refractivity (Wildman–Crippen MR) is 66.3 cm³/mol. The van der Waals surface area contributed by atoms with Gasteiger partial charge in [0.25, 0.3) is 0 Å². The summed E-state index contributed by atoms with van der Waals surface area (Å²) < 4.78 is 23.0. The number of rotatable bonds is 6. The van der Waals surface area contributed by atoms with Gasteiger partial charge in [0.05, 0.1) is 10.6 Å². The minimum Gasteiger partial charge on any atom is -0.384 e. The second-order valence-electron chi connectivity index (χ2n) is 3.69. The van der Waals surface area contributed by atoms with Gasteiger partial charge in [0, 0.05) is 12.8 Å². The maximum atomic E-state index is 11.5. The van der Waals surface area contributed by atoms with Crippen LogP contribution in [0, 0.1) is 0 Å². The normalized spacial score (nSPS) is 11.4. The molecule has 0 radical (unpaired) electrons. The average Bonchev–Trinajstić information content (AvgIpc) is 2.24. The summed E-state index contributed by atoms with van der Waals surface area (Å²) >= 11 is 0. The van der Waals surface area contributed by atoms with Crippen molar-refractivity contribution >= 4 is 15.5 Å². The largest absolute Gasteiger partial charge is 0.384 e. The molecule has 1 aromatic rings. The van der Waals surface area contributed by atoms with E-state index >= 15 is 0 Å². The van der Waals surface area contributed by atoms with Crippen molar-refractivity contribution in [3.63, 3.8) is 0 Å². The minimum atomic E-state index is -3.16. The van der Waals surface area contributed by atoms with E-state index in [-0.39, 0.29) is 0 Å². The molecule has 16 heavy (non-hydrogen) atoms. The molecule has 0 saturated heterocycles. The lowest BCUT2D eigenvalue weighted by molar-refractivity contribution is 0.602. The van der Waals surface area contributed by atoms with Gasteiger partial charge in [-0.1, -0.05) is 12.1 Å². The Morgan fingerprint density at radius 1 is 1.25 bits per heavy atom. The van der Waals surface area contributed by atoms with Crippen LogP contribution in [0.2, 0.25) is 0 Å². The summed E-state index contributed by atoms with van der Waals surface area (Å²) in [5.74, 6) is 0. The van der Waals surface area contributed by atoms with E-state index in [9.17, 15) is 8.42 Å². The third kappa shape index (κ3) is 3.83. The van der Waals surface area contributed by atoms with Crippen molar-refractivity contribution in [1.29, 1.82) is 0 Å². The number of hydrogen-bond donors (Lipinski definition) is 2. The molecule has 0 unspecified atom stereocenters. The van der Waals surface area contributed by atoms with Gasteiger partial charge in [-0.25, -0.2) is 8.42 Å². The standard InChI is InChI=1S/C11H18N2O2S/c1-16(14,15)11-7-3-2-6-10(11)13-9-5-4-8-12/h2-3,6-7,13H,4-5,8-9,12H2,1H3. The Morgan fingerprint density at radius 2 is 1.94 bits per heavy atom. The van der Waals surface area contributed by atoms with E-state index in [0.29, 0.717) is 17.1 Å². The molecule has 0 aromatic heterocycles. The van der Waals surface area contributed by atoms with E-state index in [1.165, 1.54) is 6.26 Å². The molecule has 3 N–H and O–H groups in total. The van der Waals surface area contributed by atoms with Crippen LogP contribution in [0.25, 0.3) is 0 Å². The van der Waals surface area contributed by atoms with Gasteiger partial charge in [-0.15, -0.1) is 0 Å². The fourth-order valence-corrected chi connectivity index (χ4v) is 2.29. The molecule has 1 rings (SSSR count). The minimum absolute atomic E-state index is 0.350. The average molecular weight is 242 g/mol. The Kier molecular flexibility index (Phi) is 4.76. The third-order valence-electron chi connectivity index (χ3n) is 2.23. The monoisotopic (exact) mass is 242 g/mol. The topological polar surface area (TPSA) is 72.2 Å². The number of sulfone groups is 1. The van der Waals surface area contributed by atoms with Crippen LogP contribution in [-0.2, 0) is 9.84 Å². The van der Waals surface area contributed by atoms with Crippen molar-refractivity contribution in [1.82, 2.24) is 0 Å². The molecule has 0 atom stereocenters. The molecule has 90 valence electrons. The van der Waals surface area contributed by atoms with Gasteiger partial charge in [0.2, 0.25) is 0 Å². The highest BCUT2D eigenvalue weighted by Gasteiger charge is 2.11. The van der Waals surface area contributed by atoms with Gasteiger partial charge in [-0.05, 0) is 31.5 Å². The van der Waals surface area contributed by atoms with Crippen LogP contribution < -0.4 is 11.1 Å². The number of hydrogen-bond acceptors (Lipinski definition) is 4. The molecule has 0 saturated carbocycles. The lowest BCUT2D eigenvalue weighted by atomic mass is 10.3. The molecular weight excluding hydrogens is 224 g/mol. The van der Waals surface area contributed by atoms with Crippen molar-refractivity contribution < 1.29 is 8.42 Å². The third-order valence-corrected chi connectivity index (χ3v) is 3.39. The fourth-order valence-electron chi connectivity index (χ4n) is 1.43. The van der Waals surface area contributed by atoms with Crippen LogP contribution >= 0.6 is 0 Å². The zero-order valence-electron chi connectivity index (χ0n) is 9.44. The molecule has 0 aliphatic carbocycles. The fraction of sp³-hybridized carbons (Fsp3) is 0.455. The lowest BCUT2D eigenvalue weighted by Crippen LogP contribution is -2.09. The Labute approximate surface area is 96.8 Å². The zero-order valence-corrected chi connectivity index (χ0v) is 10.3. The van der Waals surface area contributed by atoms with Crippen LogP contribution in [0.5, 0.6) is 0 Å². The van der Waals surface area contributed by atoms with Crippen molar-refractivity contribution in [2.24, 2.45) is 5.73 Å². The van der Waals surface area contributed by atoms with E-state index in [1.54, 1.807) is 18.2 Å². The Balaban J connectivity index is 2.73. The summed E-state index contributed by atoms with van der Waals surface area (Å²) in [6.07, 6.45) is 3.09. The van der Waals surface area contributed by atoms with Gasteiger partial charge in [0.15, 0.2) is 9.84 Å². The molecule has 0 amide bonds. The van der Waals surface area contributed by atoms with E-state index in [4.69, 9.17) is 5.73 Å². The van der Waals surface area contributed by atoms with Gasteiger partial charge in [-0.2, -0.15) is 0 Å². The van der Waals surface area contributed by atoms with Crippen LogP contribution in [0.15, 0.2) is 29.2 Å². The first kappa shape index (κ1) is 13.0. The van der Waals surface area contributed by atoms with Gasteiger partial charge in [-0.3, -0.25) is 0 Å². The smallest absolute Gasteiger partial charge is 0.177 e. The summed E-state index contributed by atoms with van der Waals surface area (Å²) in [6.45, 7) is 1.40. The Bertz CT molecular complexity index is 429. The van der Waals surface area contributed by atoms with Crippen molar-refractivity contribution in [3.8, 4) is 0 Å². The molecular formula is C11H18N2O2S. The molecule has 0 spiro atoms. The first-order valence-electron chi connectivity index (χ1n) is 5.28. The number of anilines is 1. The molecule has 0 bridgehead atoms. The first-order chi connectivity index (χ1) is 7.55. The Morgan fingerprint density at radius 3 is 2.56 bits per heavy atom. The molecule has 0 fully saturated rings. The van der Waals surface area contributed by atoms with Gasteiger partial charge < -0.3 is 11.1 Å². The predicted octanol–water partition coefficient (Wildman–Crippen LogP) is 1.24. The lowest BCUT2D eigenvalue weighted by Gasteiger charge is -2.10. The van der Waals surface area contributed by atoms with E-state index < -0.39 is 9.84 Å². The molecule has 0 aliphatic rings. The van der Waals surface area contributed by atoms with E-state index in [1.807, 2.05) is 6.07 Å². The summed E-state index contributed by atoms with van der Waals surface area (Å²) in [5, 5.41) is 3.12. The number of unbranched alkanes of at least 4 members (excludes halogenated alkanes) is 1. The summed E-state index contributed by atoms with van der Waals surface area (Å²) in [5.41, 5.74) is 6.05. The maximum Gasteiger partial charge on any atom is 0.177 e. The van der Waals surface area contributed by atoms with Crippen LogP contribution in [-0.4, -0.2) is 27.8 Å². The van der Waals surface area contributed by atoms with E-state index in [2.05, 4.69) is 5.32 Å². The van der Waals surface area contributed by atoms with Crippen molar-refractivity contribution in [2.45, 2.75) is 17.7 Å². The summed E-state index contributed by atoms with van der Waals surface area (Å²) in [6, 6.07) is 6.93. The van der Waals surface area contributed by atoms with Crippen LogP contribution in [0.3, 0.4) is 0 Å². The maximum absolute atomic E-state index is 11.5. The molecule has 0 heterocycles. The molecule has 4 nitrogen and oxygen atoms in total. The highest BCUT2D eigenvalue weighted by Crippen LogP contribution is 2.20. The zero-order chi connectivity index (χ0) is 12.0. The van der Waals surface area contributed by atoms with E-state index in [0.717, 1.165) is 19.4 Å². The van der Waals surface area contributed by atoms with Crippen molar-refractivity contribution in [2.75, 3.05) is 24.7 Å².